The quantitative estimate of drug-likeness (QED) is 0.684. The van der Waals surface area contributed by atoms with E-state index in [1.54, 1.807) is 0 Å². The standard InChI is InChI=1S/C14H31N3/c1-5-13(2)14-12-17(11-8-15-14)10-7-6-9-16(3)4/h13-15H,5-12H2,1-4H3. The third kappa shape index (κ3) is 5.84. The van der Waals surface area contributed by atoms with E-state index in [1.165, 1.54) is 52.0 Å². The van der Waals surface area contributed by atoms with Crippen LogP contribution in [0, 0.1) is 5.92 Å². The average Bonchev–Trinajstić information content (AvgIpc) is 2.34. The van der Waals surface area contributed by atoms with Gasteiger partial charge in [-0.05, 0) is 45.9 Å². The number of rotatable bonds is 7. The minimum absolute atomic E-state index is 0.711. The van der Waals surface area contributed by atoms with E-state index in [2.05, 4.69) is 43.1 Å². The second kappa shape index (κ2) is 8.06. The first kappa shape index (κ1) is 14.9. The van der Waals surface area contributed by atoms with Crippen molar-refractivity contribution >= 4 is 0 Å². The van der Waals surface area contributed by atoms with Crippen LogP contribution < -0.4 is 5.32 Å². The summed E-state index contributed by atoms with van der Waals surface area (Å²) < 4.78 is 0. The third-order valence-corrected chi connectivity index (χ3v) is 3.95. The van der Waals surface area contributed by atoms with Gasteiger partial charge in [-0.1, -0.05) is 20.3 Å². The van der Waals surface area contributed by atoms with Gasteiger partial charge in [0.15, 0.2) is 0 Å². The second-order valence-corrected chi connectivity index (χ2v) is 5.76. The monoisotopic (exact) mass is 241 g/mol. The molecule has 2 unspecified atom stereocenters. The molecule has 3 heteroatoms. The van der Waals surface area contributed by atoms with Gasteiger partial charge >= 0.3 is 0 Å². The largest absolute Gasteiger partial charge is 0.311 e. The Morgan fingerprint density at radius 2 is 2.12 bits per heavy atom. The van der Waals surface area contributed by atoms with Crippen molar-refractivity contribution in [2.24, 2.45) is 5.92 Å². The van der Waals surface area contributed by atoms with Gasteiger partial charge in [-0.25, -0.2) is 0 Å². The fraction of sp³-hybridized carbons (Fsp3) is 1.00. The lowest BCUT2D eigenvalue weighted by Gasteiger charge is -2.36. The molecule has 0 radical (unpaired) electrons. The molecular weight excluding hydrogens is 210 g/mol. The molecule has 2 atom stereocenters. The maximum absolute atomic E-state index is 3.66. The fourth-order valence-corrected chi connectivity index (χ4v) is 2.47. The summed E-state index contributed by atoms with van der Waals surface area (Å²) in [7, 11) is 4.31. The summed E-state index contributed by atoms with van der Waals surface area (Å²) in [4.78, 5) is 4.92. The summed E-state index contributed by atoms with van der Waals surface area (Å²) in [6.45, 7) is 10.8. The van der Waals surface area contributed by atoms with E-state index in [0.29, 0.717) is 6.04 Å². The van der Waals surface area contributed by atoms with E-state index < -0.39 is 0 Å². The van der Waals surface area contributed by atoms with E-state index in [4.69, 9.17) is 0 Å². The van der Waals surface area contributed by atoms with Gasteiger partial charge in [0.05, 0.1) is 0 Å². The van der Waals surface area contributed by atoms with Crippen molar-refractivity contribution in [3.05, 3.63) is 0 Å². The highest BCUT2D eigenvalue weighted by atomic mass is 15.2. The van der Waals surface area contributed by atoms with Crippen molar-refractivity contribution in [3.8, 4) is 0 Å². The molecule has 0 spiro atoms. The molecule has 0 bridgehead atoms. The van der Waals surface area contributed by atoms with Crippen molar-refractivity contribution in [3.63, 3.8) is 0 Å². The van der Waals surface area contributed by atoms with Gasteiger partial charge in [0, 0.05) is 25.7 Å². The first-order chi connectivity index (χ1) is 8.13. The molecule has 1 aliphatic rings. The SMILES string of the molecule is CCC(C)C1CN(CCCCN(C)C)CCN1. The van der Waals surface area contributed by atoms with Crippen LogP contribution in [0.25, 0.3) is 0 Å². The van der Waals surface area contributed by atoms with Crippen LogP contribution in [0.2, 0.25) is 0 Å². The van der Waals surface area contributed by atoms with Crippen LogP contribution in [-0.4, -0.2) is 62.7 Å². The molecule has 0 amide bonds. The number of unbranched alkanes of at least 4 members (excludes halogenated alkanes) is 1. The number of hydrogen-bond donors (Lipinski definition) is 1. The van der Waals surface area contributed by atoms with E-state index in [9.17, 15) is 0 Å². The molecule has 0 aromatic rings. The summed E-state index contributed by atoms with van der Waals surface area (Å²) in [5.41, 5.74) is 0. The lowest BCUT2D eigenvalue weighted by Crippen LogP contribution is -2.53. The molecule has 3 nitrogen and oxygen atoms in total. The Balaban J connectivity index is 2.16. The zero-order valence-corrected chi connectivity index (χ0v) is 12.2. The highest BCUT2D eigenvalue weighted by Gasteiger charge is 2.22. The second-order valence-electron chi connectivity index (χ2n) is 5.76. The summed E-state index contributed by atoms with van der Waals surface area (Å²) in [5, 5.41) is 3.66. The Bertz CT molecular complexity index is 194. The topological polar surface area (TPSA) is 18.5 Å². The number of nitrogens with zero attached hydrogens (tertiary/aromatic N) is 2. The minimum Gasteiger partial charge on any atom is -0.311 e. The van der Waals surface area contributed by atoms with E-state index >= 15 is 0 Å². The Morgan fingerprint density at radius 3 is 2.76 bits per heavy atom. The summed E-state index contributed by atoms with van der Waals surface area (Å²) in [6.07, 6.45) is 3.95. The van der Waals surface area contributed by atoms with E-state index in [-0.39, 0.29) is 0 Å². The molecule has 1 rings (SSSR count). The van der Waals surface area contributed by atoms with Crippen LogP contribution in [0.5, 0.6) is 0 Å². The Labute approximate surface area is 108 Å². The maximum atomic E-state index is 3.66. The minimum atomic E-state index is 0.711. The molecule has 17 heavy (non-hydrogen) atoms. The van der Waals surface area contributed by atoms with Crippen LogP contribution in [0.15, 0.2) is 0 Å². The van der Waals surface area contributed by atoms with Gasteiger partial charge < -0.3 is 15.1 Å². The van der Waals surface area contributed by atoms with Crippen molar-refractivity contribution in [2.45, 2.75) is 39.2 Å². The van der Waals surface area contributed by atoms with Crippen LogP contribution in [0.4, 0.5) is 0 Å². The molecule has 1 heterocycles. The van der Waals surface area contributed by atoms with Crippen molar-refractivity contribution in [1.29, 1.82) is 0 Å². The highest BCUT2D eigenvalue weighted by Crippen LogP contribution is 2.12. The zero-order chi connectivity index (χ0) is 12.7. The Hall–Kier alpha value is -0.120. The Morgan fingerprint density at radius 1 is 1.35 bits per heavy atom. The molecule has 1 N–H and O–H groups in total. The molecule has 102 valence electrons. The van der Waals surface area contributed by atoms with E-state index in [1.807, 2.05) is 0 Å². The summed E-state index contributed by atoms with van der Waals surface area (Å²) >= 11 is 0. The molecule has 1 aliphatic heterocycles. The first-order valence-electron chi connectivity index (χ1n) is 7.24. The van der Waals surface area contributed by atoms with Gasteiger partial charge in [0.1, 0.15) is 0 Å². The molecule has 0 aliphatic carbocycles. The molecule has 1 saturated heterocycles. The normalized spacial score (nSPS) is 24.2. The third-order valence-electron chi connectivity index (χ3n) is 3.95. The van der Waals surface area contributed by atoms with Gasteiger partial charge in [0.25, 0.3) is 0 Å². The predicted molar refractivity (Wildman–Crippen MR) is 75.5 cm³/mol. The highest BCUT2D eigenvalue weighted by molar-refractivity contribution is 4.81. The van der Waals surface area contributed by atoms with Gasteiger partial charge in [0.2, 0.25) is 0 Å². The molecule has 0 aromatic heterocycles. The molecule has 0 saturated carbocycles. The number of piperazine rings is 1. The summed E-state index contributed by atoms with van der Waals surface area (Å²) in [6, 6.07) is 0.711. The van der Waals surface area contributed by atoms with Crippen molar-refractivity contribution in [2.75, 3.05) is 46.8 Å². The average molecular weight is 241 g/mol. The summed E-state index contributed by atoms with van der Waals surface area (Å²) in [5.74, 6) is 0.805. The van der Waals surface area contributed by atoms with Crippen LogP contribution in [0.1, 0.15) is 33.1 Å². The fourth-order valence-electron chi connectivity index (χ4n) is 2.47. The lowest BCUT2D eigenvalue weighted by atomic mass is 9.97. The van der Waals surface area contributed by atoms with Crippen LogP contribution >= 0.6 is 0 Å². The van der Waals surface area contributed by atoms with Crippen molar-refractivity contribution in [1.82, 2.24) is 15.1 Å². The van der Waals surface area contributed by atoms with Crippen LogP contribution in [-0.2, 0) is 0 Å². The molecular formula is C14H31N3. The zero-order valence-electron chi connectivity index (χ0n) is 12.2. The van der Waals surface area contributed by atoms with Gasteiger partial charge in [-0.3, -0.25) is 0 Å². The lowest BCUT2D eigenvalue weighted by molar-refractivity contribution is 0.165. The van der Waals surface area contributed by atoms with Crippen molar-refractivity contribution < 1.29 is 0 Å². The number of hydrogen-bond acceptors (Lipinski definition) is 3. The molecule has 0 aromatic carbocycles. The Kier molecular flexibility index (Phi) is 7.09. The van der Waals surface area contributed by atoms with E-state index in [0.717, 1.165) is 5.92 Å². The smallest absolute Gasteiger partial charge is 0.0221 e. The van der Waals surface area contributed by atoms with Gasteiger partial charge in [-0.15, -0.1) is 0 Å². The van der Waals surface area contributed by atoms with Gasteiger partial charge in [-0.2, -0.15) is 0 Å². The van der Waals surface area contributed by atoms with Crippen LogP contribution in [0.3, 0.4) is 0 Å². The molecule has 1 fully saturated rings. The number of nitrogens with one attached hydrogen (secondary N) is 1. The first-order valence-corrected chi connectivity index (χ1v) is 7.24. The maximum Gasteiger partial charge on any atom is 0.0221 e. The predicted octanol–water partition coefficient (Wildman–Crippen LogP) is 1.65.